The standard InChI is InChI=1S/C17H16ClN3OS/c1-2-19-16-21(13-8-4-3-5-9-13)17(22)20(12-23-16)15-11-7-6-10-14(15)18/h3-11H,2,12H2,1H3/b19-16-. The predicted molar refractivity (Wildman–Crippen MR) is 98.7 cm³/mol. The van der Waals surface area contributed by atoms with Crippen LogP contribution in [-0.4, -0.2) is 23.6 Å². The van der Waals surface area contributed by atoms with E-state index in [1.54, 1.807) is 15.9 Å². The number of amides is 2. The van der Waals surface area contributed by atoms with Gasteiger partial charge in [-0.3, -0.25) is 9.89 Å². The van der Waals surface area contributed by atoms with Crippen LogP contribution < -0.4 is 9.80 Å². The van der Waals surface area contributed by atoms with Crippen molar-refractivity contribution in [2.75, 3.05) is 22.2 Å². The van der Waals surface area contributed by atoms with Crippen molar-refractivity contribution in [1.29, 1.82) is 0 Å². The lowest BCUT2D eigenvalue weighted by Gasteiger charge is -2.36. The number of thioether (sulfide) groups is 1. The summed E-state index contributed by atoms with van der Waals surface area (Å²) in [5, 5.41) is 1.28. The Kier molecular flexibility index (Phi) is 4.88. The molecule has 3 rings (SSSR count). The van der Waals surface area contributed by atoms with E-state index in [9.17, 15) is 4.79 Å². The molecule has 1 heterocycles. The van der Waals surface area contributed by atoms with Gasteiger partial charge in [-0.1, -0.05) is 53.7 Å². The molecule has 0 unspecified atom stereocenters. The van der Waals surface area contributed by atoms with Crippen LogP contribution in [0.25, 0.3) is 0 Å². The second-order valence-corrected chi connectivity index (χ2v) is 6.18. The summed E-state index contributed by atoms with van der Waals surface area (Å²) in [6.07, 6.45) is 0. The smallest absolute Gasteiger partial charge is 0.282 e. The van der Waals surface area contributed by atoms with Crippen LogP contribution in [0.4, 0.5) is 16.2 Å². The maximum atomic E-state index is 13.1. The fraction of sp³-hybridized carbons (Fsp3) is 0.176. The van der Waals surface area contributed by atoms with E-state index in [1.807, 2.05) is 55.5 Å². The Morgan fingerprint density at radius 2 is 1.83 bits per heavy atom. The van der Waals surface area contributed by atoms with Gasteiger partial charge in [-0.15, -0.1) is 0 Å². The zero-order valence-corrected chi connectivity index (χ0v) is 14.2. The van der Waals surface area contributed by atoms with Crippen molar-refractivity contribution in [2.45, 2.75) is 6.92 Å². The first-order valence-corrected chi connectivity index (χ1v) is 8.67. The van der Waals surface area contributed by atoms with Crippen LogP contribution >= 0.6 is 23.4 Å². The Morgan fingerprint density at radius 1 is 1.13 bits per heavy atom. The zero-order chi connectivity index (χ0) is 16.2. The van der Waals surface area contributed by atoms with E-state index >= 15 is 0 Å². The molecular weight excluding hydrogens is 330 g/mol. The van der Waals surface area contributed by atoms with E-state index in [-0.39, 0.29) is 6.03 Å². The summed E-state index contributed by atoms with van der Waals surface area (Å²) in [6, 6.07) is 16.8. The minimum Gasteiger partial charge on any atom is -0.282 e. The van der Waals surface area contributed by atoms with E-state index in [1.165, 1.54) is 11.8 Å². The van der Waals surface area contributed by atoms with Crippen molar-refractivity contribution in [3.05, 3.63) is 59.6 Å². The fourth-order valence-corrected chi connectivity index (χ4v) is 3.60. The van der Waals surface area contributed by atoms with E-state index in [2.05, 4.69) is 4.99 Å². The Bertz CT molecular complexity index is 736. The number of hydrogen-bond donors (Lipinski definition) is 0. The lowest BCUT2D eigenvalue weighted by Crippen LogP contribution is -2.50. The van der Waals surface area contributed by atoms with Crippen LogP contribution in [0.2, 0.25) is 5.02 Å². The number of hydrogen-bond acceptors (Lipinski definition) is 3. The summed E-state index contributed by atoms with van der Waals surface area (Å²) in [5.74, 6) is 0.491. The number of benzene rings is 2. The van der Waals surface area contributed by atoms with E-state index in [0.717, 1.165) is 5.69 Å². The van der Waals surface area contributed by atoms with Crippen molar-refractivity contribution < 1.29 is 4.79 Å². The lowest BCUT2D eigenvalue weighted by atomic mass is 10.3. The predicted octanol–water partition coefficient (Wildman–Crippen LogP) is 4.85. The van der Waals surface area contributed by atoms with Crippen molar-refractivity contribution in [1.82, 2.24) is 0 Å². The molecule has 0 radical (unpaired) electrons. The topological polar surface area (TPSA) is 35.9 Å². The number of nitrogens with zero attached hydrogens (tertiary/aromatic N) is 3. The molecule has 0 bridgehead atoms. The zero-order valence-electron chi connectivity index (χ0n) is 12.6. The third kappa shape index (κ3) is 3.21. The molecule has 2 aromatic rings. The van der Waals surface area contributed by atoms with Crippen LogP contribution in [0.5, 0.6) is 0 Å². The van der Waals surface area contributed by atoms with Crippen molar-refractivity contribution in [3.63, 3.8) is 0 Å². The molecule has 1 saturated heterocycles. The van der Waals surface area contributed by atoms with Gasteiger partial charge < -0.3 is 0 Å². The van der Waals surface area contributed by atoms with Gasteiger partial charge in [-0.2, -0.15) is 0 Å². The number of carbonyl (C=O) groups excluding carboxylic acids is 1. The third-order valence-electron chi connectivity index (χ3n) is 3.39. The van der Waals surface area contributed by atoms with E-state index in [0.29, 0.717) is 28.3 Å². The Labute approximate surface area is 144 Å². The highest BCUT2D eigenvalue weighted by Crippen LogP contribution is 2.33. The first-order valence-electron chi connectivity index (χ1n) is 7.31. The maximum Gasteiger partial charge on any atom is 0.336 e. The van der Waals surface area contributed by atoms with Gasteiger partial charge >= 0.3 is 6.03 Å². The Balaban J connectivity index is 2.01. The molecule has 0 saturated carbocycles. The highest BCUT2D eigenvalue weighted by molar-refractivity contribution is 8.14. The van der Waals surface area contributed by atoms with Crippen LogP contribution in [0.1, 0.15) is 6.92 Å². The number of rotatable bonds is 3. The number of carbonyl (C=O) groups is 1. The van der Waals surface area contributed by atoms with Gasteiger partial charge in [0.05, 0.1) is 22.3 Å². The molecule has 2 aromatic carbocycles. The van der Waals surface area contributed by atoms with Crippen LogP contribution in [0.15, 0.2) is 59.6 Å². The minimum atomic E-state index is -0.143. The minimum absolute atomic E-state index is 0.143. The summed E-state index contributed by atoms with van der Waals surface area (Å²) in [6.45, 7) is 2.59. The van der Waals surface area contributed by atoms with Crippen molar-refractivity contribution >= 4 is 45.9 Å². The van der Waals surface area contributed by atoms with Gasteiger partial charge in [-0.05, 0) is 31.2 Å². The molecule has 0 aliphatic carbocycles. The number of amidine groups is 1. The van der Waals surface area contributed by atoms with Crippen LogP contribution in [-0.2, 0) is 0 Å². The molecule has 1 aliphatic rings. The van der Waals surface area contributed by atoms with Crippen LogP contribution in [0.3, 0.4) is 0 Å². The summed E-state index contributed by atoms with van der Waals surface area (Å²) >= 11 is 7.79. The molecule has 4 nitrogen and oxygen atoms in total. The highest BCUT2D eigenvalue weighted by atomic mass is 35.5. The van der Waals surface area contributed by atoms with Gasteiger partial charge in [0.15, 0.2) is 5.17 Å². The maximum absolute atomic E-state index is 13.1. The SMILES string of the molecule is CC/N=C1\SCN(c2ccccc2Cl)C(=O)N1c1ccccc1. The van der Waals surface area contributed by atoms with Gasteiger partial charge in [0.25, 0.3) is 0 Å². The number of halogens is 1. The molecule has 0 N–H and O–H groups in total. The summed E-state index contributed by atoms with van der Waals surface area (Å²) in [7, 11) is 0. The number of para-hydroxylation sites is 2. The van der Waals surface area contributed by atoms with Gasteiger partial charge in [-0.25, -0.2) is 9.69 Å². The van der Waals surface area contributed by atoms with Gasteiger partial charge in [0.1, 0.15) is 0 Å². The molecule has 2 amide bonds. The van der Waals surface area contributed by atoms with Crippen LogP contribution in [0, 0.1) is 0 Å². The normalized spacial score (nSPS) is 17.0. The Morgan fingerprint density at radius 3 is 2.52 bits per heavy atom. The molecule has 1 fully saturated rings. The summed E-state index contributed by atoms with van der Waals surface area (Å²) in [4.78, 5) is 20.8. The third-order valence-corrected chi connectivity index (χ3v) is 4.66. The molecular formula is C17H16ClN3OS. The van der Waals surface area contributed by atoms with Gasteiger partial charge in [0.2, 0.25) is 0 Å². The van der Waals surface area contributed by atoms with Crippen molar-refractivity contribution in [3.8, 4) is 0 Å². The molecule has 0 aromatic heterocycles. The molecule has 118 valence electrons. The quantitative estimate of drug-likeness (QED) is 0.796. The number of anilines is 2. The summed E-state index contributed by atoms with van der Waals surface area (Å²) < 4.78 is 0. The Hall–Kier alpha value is -1.98. The lowest BCUT2D eigenvalue weighted by molar-refractivity contribution is 0.255. The molecule has 6 heteroatoms. The van der Waals surface area contributed by atoms with Gasteiger partial charge in [0, 0.05) is 6.54 Å². The first kappa shape index (κ1) is 15.9. The number of aliphatic imine (C=N–C) groups is 1. The molecule has 0 spiro atoms. The first-order chi connectivity index (χ1) is 11.2. The average Bonchev–Trinajstić information content (AvgIpc) is 2.57. The fourth-order valence-electron chi connectivity index (χ4n) is 2.34. The second-order valence-electron chi connectivity index (χ2n) is 4.86. The monoisotopic (exact) mass is 345 g/mol. The highest BCUT2D eigenvalue weighted by Gasteiger charge is 2.33. The van der Waals surface area contributed by atoms with E-state index in [4.69, 9.17) is 11.6 Å². The van der Waals surface area contributed by atoms with E-state index < -0.39 is 0 Å². The molecule has 23 heavy (non-hydrogen) atoms. The number of urea groups is 1. The largest absolute Gasteiger partial charge is 0.336 e. The second kappa shape index (κ2) is 7.06. The molecule has 1 aliphatic heterocycles. The average molecular weight is 346 g/mol. The molecule has 0 atom stereocenters. The van der Waals surface area contributed by atoms with Crippen molar-refractivity contribution in [2.24, 2.45) is 4.99 Å². The summed E-state index contributed by atoms with van der Waals surface area (Å²) in [5.41, 5.74) is 1.51.